The highest BCUT2D eigenvalue weighted by Crippen LogP contribution is 2.34. The van der Waals surface area contributed by atoms with Crippen molar-refractivity contribution in [1.29, 1.82) is 0 Å². The quantitative estimate of drug-likeness (QED) is 0.414. The van der Waals surface area contributed by atoms with Crippen molar-refractivity contribution in [1.82, 2.24) is 5.32 Å². The molecular weight excluding hydrogens is 453 g/mol. The summed E-state index contributed by atoms with van der Waals surface area (Å²) in [7, 11) is 1.62. The van der Waals surface area contributed by atoms with Gasteiger partial charge >= 0.3 is 0 Å². The second-order valence-corrected chi connectivity index (χ2v) is 7.78. The van der Waals surface area contributed by atoms with E-state index in [1.807, 2.05) is 18.2 Å². The lowest BCUT2D eigenvalue weighted by Crippen LogP contribution is -2.15. The van der Waals surface area contributed by atoms with Crippen LogP contribution in [0, 0.1) is 0 Å². The summed E-state index contributed by atoms with van der Waals surface area (Å²) in [6.07, 6.45) is 2.91. The maximum Gasteiger partial charge on any atom is 0.162 e. The fourth-order valence-corrected chi connectivity index (χ4v) is 3.47. The van der Waals surface area contributed by atoms with E-state index in [1.54, 1.807) is 19.2 Å². The Morgan fingerprint density at radius 1 is 1.04 bits per heavy atom. The molecule has 2 aromatic rings. The van der Waals surface area contributed by atoms with Gasteiger partial charge in [-0.25, -0.2) is 0 Å². The van der Waals surface area contributed by atoms with E-state index in [4.69, 9.17) is 37.8 Å². The standard InChI is InChI=1S/C20H24BrCl2NO3/c1-26-19-9-15(12-24-7-3-2-4-8-25)17(21)11-20(19)27-13-14-5-6-16(22)10-18(14)23/h5-6,9-11,24-25H,2-4,7-8,12-13H2,1H3. The lowest BCUT2D eigenvalue weighted by atomic mass is 10.2. The first kappa shape index (κ1) is 22.3. The van der Waals surface area contributed by atoms with Crippen molar-refractivity contribution in [2.24, 2.45) is 0 Å². The number of methoxy groups -OCH3 is 1. The van der Waals surface area contributed by atoms with E-state index in [1.165, 1.54) is 0 Å². The summed E-state index contributed by atoms with van der Waals surface area (Å²) in [6.45, 7) is 2.20. The maximum atomic E-state index is 8.80. The van der Waals surface area contributed by atoms with Crippen molar-refractivity contribution < 1.29 is 14.6 Å². The summed E-state index contributed by atoms with van der Waals surface area (Å²) < 4.78 is 12.3. The Labute approximate surface area is 178 Å². The van der Waals surface area contributed by atoms with Crippen molar-refractivity contribution in [3.63, 3.8) is 0 Å². The van der Waals surface area contributed by atoms with E-state index in [-0.39, 0.29) is 6.61 Å². The number of hydrogen-bond donors (Lipinski definition) is 2. The molecular formula is C20H24BrCl2NO3. The minimum atomic E-state index is 0.255. The minimum Gasteiger partial charge on any atom is -0.493 e. The highest BCUT2D eigenvalue weighted by Gasteiger charge is 2.11. The van der Waals surface area contributed by atoms with Crippen LogP contribution < -0.4 is 14.8 Å². The van der Waals surface area contributed by atoms with Gasteiger partial charge in [0.25, 0.3) is 0 Å². The average molecular weight is 477 g/mol. The predicted octanol–water partition coefficient (Wildman–Crippen LogP) is 5.60. The highest BCUT2D eigenvalue weighted by atomic mass is 79.9. The van der Waals surface area contributed by atoms with Crippen molar-refractivity contribution in [2.45, 2.75) is 32.4 Å². The van der Waals surface area contributed by atoms with E-state index >= 15 is 0 Å². The largest absolute Gasteiger partial charge is 0.493 e. The van der Waals surface area contributed by atoms with Gasteiger partial charge in [-0.2, -0.15) is 0 Å². The van der Waals surface area contributed by atoms with Gasteiger partial charge in [0, 0.05) is 33.2 Å². The summed E-state index contributed by atoms with van der Waals surface area (Å²) in [5.41, 5.74) is 1.94. The van der Waals surface area contributed by atoms with Gasteiger partial charge in [0.2, 0.25) is 0 Å². The lowest BCUT2D eigenvalue weighted by molar-refractivity contribution is 0.282. The Bertz CT molecular complexity index is 743. The van der Waals surface area contributed by atoms with Gasteiger partial charge in [0.1, 0.15) is 6.61 Å². The lowest BCUT2D eigenvalue weighted by Gasteiger charge is -2.15. The van der Waals surface area contributed by atoms with Gasteiger partial charge in [-0.05, 0) is 55.6 Å². The maximum absolute atomic E-state index is 8.80. The molecule has 148 valence electrons. The molecule has 7 heteroatoms. The molecule has 0 bridgehead atoms. The molecule has 0 saturated carbocycles. The molecule has 0 aromatic heterocycles. The van der Waals surface area contributed by atoms with Gasteiger partial charge in [-0.15, -0.1) is 0 Å². The Hall–Kier alpha value is -0.980. The molecule has 0 radical (unpaired) electrons. The van der Waals surface area contributed by atoms with Gasteiger partial charge in [0.15, 0.2) is 11.5 Å². The first-order chi connectivity index (χ1) is 13.0. The third-order valence-corrected chi connectivity index (χ3v) is 5.38. The zero-order valence-electron chi connectivity index (χ0n) is 15.2. The van der Waals surface area contributed by atoms with Gasteiger partial charge in [-0.3, -0.25) is 0 Å². The van der Waals surface area contributed by atoms with Crippen LogP contribution in [0.3, 0.4) is 0 Å². The summed E-state index contributed by atoms with van der Waals surface area (Å²) in [4.78, 5) is 0. The van der Waals surface area contributed by atoms with E-state index in [0.29, 0.717) is 28.2 Å². The minimum absolute atomic E-state index is 0.255. The summed E-state index contributed by atoms with van der Waals surface area (Å²) in [6, 6.07) is 9.20. The second-order valence-electron chi connectivity index (χ2n) is 6.08. The predicted molar refractivity (Wildman–Crippen MR) is 114 cm³/mol. The van der Waals surface area contributed by atoms with Gasteiger partial charge < -0.3 is 19.9 Å². The fraction of sp³-hybridized carbons (Fsp3) is 0.400. The molecule has 2 aromatic carbocycles. The molecule has 2 rings (SSSR count). The van der Waals surface area contributed by atoms with Crippen LogP contribution in [0.4, 0.5) is 0 Å². The molecule has 27 heavy (non-hydrogen) atoms. The number of rotatable bonds is 11. The number of halogens is 3. The molecule has 0 spiro atoms. The van der Waals surface area contributed by atoms with Crippen molar-refractivity contribution >= 4 is 39.1 Å². The summed E-state index contributed by atoms with van der Waals surface area (Å²) in [5, 5.41) is 13.4. The summed E-state index contributed by atoms with van der Waals surface area (Å²) >= 11 is 15.7. The van der Waals surface area contributed by atoms with Crippen LogP contribution in [0.2, 0.25) is 10.0 Å². The molecule has 0 fully saturated rings. The monoisotopic (exact) mass is 475 g/mol. The summed E-state index contributed by atoms with van der Waals surface area (Å²) in [5.74, 6) is 1.31. The van der Waals surface area contributed by atoms with Crippen LogP contribution in [0.1, 0.15) is 30.4 Å². The Morgan fingerprint density at radius 3 is 2.56 bits per heavy atom. The number of unbranched alkanes of at least 4 members (excludes halogenated alkanes) is 2. The molecule has 0 saturated heterocycles. The fourth-order valence-electron chi connectivity index (χ4n) is 2.54. The normalized spacial score (nSPS) is 10.9. The third kappa shape index (κ3) is 7.16. The number of benzene rings is 2. The van der Waals surface area contributed by atoms with E-state index < -0.39 is 0 Å². The SMILES string of the molecule is COc1cc(CNCCCCCO)c(Br)cc1OCc1ccc(Cl)cc1Cl. The Kier molecular flexibility index (Phi) is 9.73. The number of hydrogen-bond acceptors (Lipinski definition) is 4. The van der Waals surface area contributed by atoms with Gasteiger partial charge in [-0.1, -0.05) is 45.2 Å². The smallest absolute Gasteiger partial charge is 0.162 e. The second kappa shape index (κ2) is 11.8. The average Bonchev–Trinajstić information content (AvgIpc) is 2.65. The molecule has 0 aliphatic carbocycles. The van der Waals surface area contributed by atoms with Crippen molar-refractivity contribution in [3.05, 3.63) is 56.0 Å². The van der Waals surface area contributed by atoms with Crippen LogP contribution in [0.15, 0.2) is 34.8 Å². The third-order valence-electron chi connectivity index (χ3n) is 4.06. The topological polar surface area (TPSA) is 50.7 Å². The van der Waals surface area contributed by atoms with Crippen LogP contribution >= 0.6 is 39.1 Å². The number of ether oxygens (including phenoxy) is 2. The van der Waals surface area contributed by atoms with Crippen LogP contribution in [-0.2, 0) is 13.2 Å². The number of nitrogens with one attached hydrogen (secondary N) is 1. The molecule has 0 aliphatic rings. The zero-order valence-corrected chi connectivity index (χ0v) is 18.3. The first-order valence-electron chi connectivity index (χ1n) is 8.80. The van der Waals surface area contributed by atoms with E-state index in [2.05, 4.69) is 21.2 Å². The highest BCUT2D eigenvalue weighted by molar-refractivity contribution is 9.10. The zero-order chi connectivity index (χ0) is 19.6. The molecule has 2 N–H and O–H groups in total. The van der Waals surface area contributed by atoms with E-state index in [0.717, 1.165) is 48.0 Å². The van der Waals surface area contributed by atoms with E-state index in [9.17, 15) is 0 Å². The van der Waals surface area contributed by atoms with Crippen molar-refractivity contribution in [3.8, 4) is 11.5 Å². The van der Waals surface area contributed by atoms with Crippen molar-refractivity contribution in [2.75, 3.05) is 20.3 Å². The van der Waals surface area contributed by atoms with Crippen LogP contribution in [0.5, 0.6) is 11.5 Å². The molecule has 0 aliphatic heterocycles. The molecule has 4 nitrogen and oxygen atoms in total. The molecule has 0 atom stereocenters. The van der Waals surface area contributed by atoms with Gasteiger partial charge in [0.05, 0.1) is 7.11 Å². The molecule has 0 heterocycles. The first-order valence-corrected chi connectivity index (χ1v) is 10.3. The number of aliphatic hydroxyl groups is 1. The number of aliphatic hydroxyl groups excluding tert-OH is 1. The van der Waals surface area contributed by atoms with Crippen LogP contribution in [-0.4, -0.2) is 25.4 Å². The van der Waals surface area contributed by atoms with Crippen LogP contribution in [0.25, 0.3) is 0 Å². The molecule has 0 unspecified atom stereocenters. The Balaban J connectivity index is 1.98. The molecule has 0 amide bonds. The Morgan fingerprint density at radius 2 is 1.85 bits per heavy atom.